The fraction of sp³-hybridized carbons (Fsp3) is 0.464. The fourth-order valence-corrected chi connectivity index (χ4v) is 4.57. The molecule has 1 N–H and O–H groups in total. The molecule has 2 heterocycles. The van der Waals surface area contributed by atoms with Crippen molar-refractivity contribution >= 4 is 17.6 Å². The summed E-state index contributed by atoms with van der Waals surface area (Å²) in [6, 6.07) is 13.8. The Balaban J connectivity index is 1.55. The molecule has 37 heavy (non-hydrogen) atoms. The number of nitrogens with zero attached hydrogens (tertiary/aromatic N) is 4. The van der Waals surface area contributed by atoms with E-state index < -0.39 is 0 Å². The number of aryl methyl sites for hydroxylation is 1. The van der Waals surface area contributed by atoms with Gasteiger partial charge < -0.3 is 15.0 Å². The molecule has 2 aliphatic rings. The number of hydrogen-bond donors (Lipinski definition) is 1. The molecular formula is C28H36FN5O3. The van der Waals surface area contributed by atoms with Gasteiger partial charge >= 0.3 is 6.03 Å². The third-order valence-corrected chi connectivity index (χ3v) is 6.74. The van der Waals surface area contributed by atoms with Gasteiger partial charge in [-0.2, -0.15) is 5.10 Å². The predicted octanol–water partition coefficient (Wildman–Crippen LogP) is 3.57. The maximum Gasteiger partial charge on any atom is 0.317 e. The first-order valence-electron chi connectivity index (χ1n) is 13.0. The molecule has 1 fully saturated rings. The Morgan fingerprint density at radius 3 is 2.57 bits per heavy atom. The number of amides is 3. The van der Waals surface area contributed by atoms with Crippen molar-refractivity contribution in [3.05, 3.63) is 71.0 Å². The first-order chi connectivity index (χ1) is 18.0. The molecule has 4 rings (SSSR count). The minimum absolute atomic E-state index is 0.115. The number of halogens is 1. The van der Waals surface area contributed by atoms with Crippen LogP contribution in [-0.4, -0.2) is 84.9 Å². The van der Waals surface area contributed by atoms with Crippen LogP contribution in [-0.2, 0) is 9.53 Å². The molecule has 0 spiro atoms. The van der Waals surface area contributed by atoms with Gasteiger partial charge in [0.1, 0.15) is 12.4 Å². The van der Waals surface area contributed by atoms with E-state index in [1.807, 2.05) is 38.1 Å². The van der Waals surface area contributed by atoms with Crippen LogP contribution in [0.3, 0.4) is 0 Å². The highest BCUT2D eigenvalue weighted by Crippen LogP contribution is 2.33. The summed E-state index contributed by atoms with van der Waals surface area (Å²) >= 11 is 0. The maximum absolute atomic E-state index is 14.6. The third kappa shape index (κ3) is 6.93. The number of hydrogen-bond acceptors (Lipinski definition) is 5. The van der Waals surface area contributed by atoms with Gasteiger partial charge in [0.15, 0.2) is 0 Å². The summed E-state index contributed by atoms with van der Waals surface area (Å²) in [7, 11) is 0. The van der Waals surface area contributed by atoms with Crippen LogP contribution < -0.4 is 5.32 Å². The molecule has 0 aromatic heterocycles. The summed E-state index contributed by atoms with van der Waals surface area (Å²) in [6.45, 7) is 8.41. The highest BCUT2D eigenvalue weighted by Gasteiger charge is 2.35. The van der Waals surface area contributed by atoms with Crippen molar-refractivity contribution in [1.29, 1.82) is 0 Å². The van der Waals surface area contributed by atoms with E-state index in [2.05, 4.69) is 15.3 Å². The average molecular weight is 510 g/mol. The smallest absolute Gasteiger partial charge is 0.317 e. The van der Waals surface area contributed by atoms with Gasteiger partial charge in [-0.05, 0) is 25.0 Å². The molecule has 198 valence electrons. The number of carbonyl (C=O) groups is 2. The van der Waals surface area contributed by atoms with Crippen LogP contribution in [0.15, 0.2) is 53.6 Å². The summed E-state index contributed by atoms with van der Waals surface area (Å²) in [5, 5.41) is 8.93. The molecule has 1 atom stereocenters. The lowest BCUT2D eigenvalue weighted by Gasteiger charge is -2.31. The van der Waals surface area contributed by atoms with Crippen molar-refractivity contribution in [2.24, 2.45) is 5.10 Å². The normalized spacial score (nSPS) is 18.0. The SMILES string of the molecule is CCCNC(=O)N(CCN1CCOCC1)CC(=O)N1N=C(c2ccccc2F)CC1c1ccc(C)cc1. The van der Waals surface area contributed by atoms with E-state index in [0.29, 0.717) is 50.5 Å². The molecule has 0 aliphatic carbocycles. The highest BCUT2D eigenvalue weighted by molar-refractivity contribution is 6.03. The number of nitrogens with one attached hydrogen (secondary N) is 1. The lowest BCUT2D eigenvalue weighted by Crippen LogP contribution is -2.49. The van der Waals surface area contributed by atoms with Crippen molar-refractivity contribution in [3.8, 4) is 0 Å². The van der Waals surface area contributed by atoms with E-state index in [1.54, 1.807) is 23.1 Å². The van der Waals surface area contributed by atoms with Gasteiger partial charge in [0.2, 0.25) is 0 Å². The minimum atomic E-state index is -0.373. The molecule has 0 saturated carbocycles. The van der Waals surface area contributed by atoms with Crippen molar-refractivity contribution in [2.45, 2.75) is 32.7 Å². The van der Waals surface area contributed by atoms with Crippen LogP contribution in [0.2, 0.25) is 0 Å². The molecule has 1 unspecified atom stereocenters. The van der Waals surface area contributed by atoms with Gasteiger partial charge in [-0.15, -0.1) is 0 Å². The molecule has 0 bridgehead atoms. The summed E-state index contributed by atoms with van der Waals surface area (Å²) in [6.07, 6.45) is 1.19. The molecule has 0 radical (unpaired) electrons. The first-order valence-corrected chi connectivity index (χ1v) is 13.0. The standard InChI is InChI=1S/C28H36FN5O3/c1-3-12-30-28(36)33(14-13-32-15-17-37-18-16-32)20-27(35)34-26(22-10-8-21(2)9-11-22)19-25(31-34)23-6-4-5-7-24(23)29/h4-11,26H,3,12-20H2,1-2H3,(H,30,36). The van der Waals surface area contributed by atoms with Crippen molar-refractivity contribution < 1.29 is 18.7 Å². The lowest BCUT2D eigenvalue weighted by molar-refractivity contribution is -0.133. The fourth-order valence-electron chi connectivity index (χ4n) is 4.57. The van der Waals surface area contributed by atoms with Gasteiger partial charge in [0.25, 0.3) is 5.91 Å². The van der Waals surface area contributed by atoms with Crippen molar-refractivity contribution in [2.75, 3.05) is 52.5 Å². The van der Waals surface area contributed by atoms with Crippen LogP contribution in [0, 0.1) is 12.7 Å². The highest BCUT2D eigenvalue weighted by atomic mass is 19.1. The maximum atomic E-state index is 14.6. The summed E-state index contributed by atoms with van der Waals surface area (Å²) in [5.41, 5.74) is 2.94. The van der Waals surface area contributed by atoms with Gasteiger partial charge in [-0.25, -0.2) is 14.2 Å². The number of carbonyl (C=O) groups excluding carboxylic acids is 2. The Hall–Kier alpha value is -3.30. The third-order valence-electron chi connectivity index (χ3n) is 6.74. The van der Waals surface area contributed by atoms with Crippen LogP contribution in [0.1, 0.15) is 42.5 Å². The first kappa shape index (κ1) is 26.8. The minimum Gasteiger partial charge on any atom is -0.379 e. The Morgan fingerprint density at radius 2 is 1.86 bits per heavy atom. The van der Waals surface area contributed by atoms with E-state index in [4.69, 9.17) is 4.74 Å². The van der Waals surface area contributed by atoms with Crippen LogP contribution in [0.25, 0.3) is 0 Å². The van der Waals surface area contributed by atoms with E-state index in [0.717, 1.165) is 30.6 Å². The van der Waals surface area contributed by atoms with Gasteiger partial charge in [-0.1, -0.05) is 55.0 Å². The summed E-state index contributed by atoms with van der Waals surface area (Å²) in [5.74, 6) is -0.671. The zero-order chi connectivity index (χ0) is 26.2. The number of urea groups is 1. The average Bonchev–Trinajstić information content (AvgIpc) is 3.36. The molecular weight excluding hydrogens is 473 g/mol. The molecule has 9 heteroatoms. The van der Waals surface area contributed by atoms with Crippen molar-refractivity contribution in [3.63, 3.8) is 0 Å². The lowest BCUT2D eigenvalue weighted by atomic mass is 9.97. The topological polar surface area (TPSA) is 77.5 Å². The molecule has 2 aromatic carbocycles. The Labute approximate surface area is 218 Å². The number of rotatable bonds is 9. The van der Waals surface area contributed by atoms with Crippen LogP contribution in [0.5, 0.6) is 0 Å². The largest absolute Gasteiger partial charge is 0.379 e. The molecule has 8 nitrogen and oxygen atoms in total. The Morgan fingerprint density at radius 1 is 1.14 bits per heavy atom. The van der Waals surface area contributed by atoms with Crippen LogP contribution >= 0.6 is 0 Å². The Bertz CT molecular complexity index is 1100. The zero-order valence-corrected chi connectivity index (χ0v) is 21.7. The molecule has 3 amide bonds. The summed E-state index contributed by atoms with van der Waals surface area (Å²) in [4.78, 5) is 30.4. The second kappa shape index (κ2) is 12.8. The van der Waals surface area contributed by atoms with E-state index in [1.165, 1.54) is 11.1 Å². The summed E-state index contributed by atoms with van der Waals surface area (Å²) < 4.78 is 20.0. The van der Waals surface area contributed by atoms with Gasteiger partial charge in [0.05, 0.1) is 25.0 Å². The predicted molar refractivity (Wildman–Crippen MR) is 141 cm³/mol. The number of ether oxygens (including phenoxy) is 1. The zero-order valence-electron chi connectivity index (χ0n) is 21.7. The number of morpholine rings is 1. The van der Waals surface area contributed by atoms with E-state index in [9.17, 15) is 14.0 Å². The van der Waals surface area contributed by atoms with Crippen molar-refractivity contribution in [1.82, 2.24) is 20.1 Å². The number of benzene rings is 2. The monoisotopic (exact) mass is 509 g/mol. The second-order valence-electron chi connectivity index (χ2n) is 9.50. The molecule has 1 saturated heterocycles. The van der Waals surface area contributed by atoms with Gasteiger partial charge in [-0.3, -0.25) is 9.69 Å². The van der Waals surface area contributed by atoms with Crippen LogP contribution in [0.4, 0.5) is 9.18 Å². The van der Waals surface area contributed by atoms with Gasteiger partial charge in [0, 0.05) is 44.7 Å². The van der Waals surface area contributed by atoms with E-state index >= 15 is 0 Å². The molecule has 2 aliphatic heterocycles. The quantitative estimate of drug-likeness (QED) is 0.561. The Kier molecular flexibility index (Phi) is 9.24. The molecule has 2 aromatic rings. The van der Waals surface area contributed by atoms with E-state index in [-0.39, 0.29) is 30.3 Å². The number of hydrazone groups is 1. The second-order valence-corrected chi connectivity index (χ2v) is 9.50.